The van der Waals surface area contributed by atoms with Crippen molar-refractivity contribution in [3.8, 4) is 5.75 Å². The number of nitrogens with zero attached hydrogens (tertiary/aromatic N) is 2. The highest BCUT2D eigenvalue weighted by molar-refractivity contribution is 6.38. The Kier molecular flexibility index (Phi) is 5.12. The summed E-state index contributed by atoms with van der Waals surface area (Å²) in [5, 5.41) is 5.13. The molecule has 2 aliphatic rings. The Labute approximate surface area is 140 Å². The molecule has 21 heavy (non-hydrogen) atoms. The van der Waals surface area contributed by atoms with E-state index in [1.165, 1.54) is 0 Å². The molecule has 0 spiro atoms. The Morgan fingerprint density at radius 3 is 2.81 bits per heavy atom. The molecule has 1 saturated heterocycles. The van der Waals surface area contributed by atoms with Crippen LogP contribution in [0.5, 0.6) is 5.75 Å². The Bertz CT molecular complexity index is 577. The van der Waals surface area contributed by atoms with Crippen molar-refractivity contribution in [3.63, 3.8) is 0 Å². The molecular weight excluding hydrogens is 333 g/mol. The Morgan fingerprint density at radius 2 is 2.10 bits per heavy atom. The van der Waals surface area contributed by atoms with Crippen LogP contribution in [0.3, 0.4) is 0 Å². The number of ether oxygens (including phenoxy) is 1. The first-order valence-corrected chi connectivity index (χ1v) is 7.59. The fourth-order valence-electron chi connectivity index (χ4n) is 2.97. The predicted molar refractivity (Wildman–Crippen MR) is 90.3 cm³/mol. The molecule has 4 nitrogen and oxygen atoms in total. The molecule has 3 rings (SSSR count). The van der Waals surface area contributed by atoms with E-state index in [9.17, 15) is 0 Å². The van der Waals surface area contributed by atoms with Crippen LogP contribution in [0, 0.1) is 0 Å². The van der Waals surface area contributed by atoms with Gasteiger partial charge >= 0.3 is 0 Å². The van der Waals surface area contributed by atoms with Crippen molar-refractivity contribution >= 4 is 47.1 Å². The van der Waals surface area contributed by atoms with Crippen molar-refractivity contribution < 1.29 is 4.74 Å². The van der Waals surface area contributed by atoms with E-state index in [1.807, 2.05) is 6.92 Å². The number of benzene rings is 1. The summed E-state index contributed by atoms with van der Waals surface area (Å²) >= 11 is 12.7. The summed E-state index contributed by atoms with van der Waals surface area (Å²) in [7, 11) is 0. The smallest absolute Gasteiger partial charge is 0.143 e. The second-order valence-electron chi connectivity index (χ2n) is 5.28. The average molecular weight is 351 g/mol. The quantitative estimate of drug-likeness (QED) is 0.615. The molecule has 0 bridgehead atoms. The maximum atomic E-state index is 6.44. The van der Waals surface area contributed by atoms with Crippen LogP contribution in [0.2, 0.25) is 10.0 Å². The van der Waals surface area contributed by atoms with Crippen LogP contribution in [0.4, 0.5) is 5.69 Å². The normalized spacial score (nSPS) is 22.7. The van der Waals surface area contributed by atoms with E-state index in [1.54, 1.807) is 6.07 Å². The number of rotatable bonds is 1. The average Bonchev–Trinajstić information content (AvgIpc) is 2.81. The van der Waals surface area contributed by atoms with E-state index in [0.717, 1.165) is 55.1 Å². The zero-order valence-electron chi connectivity index (χ0n) is 11.7. The Hall–Kier alpha value is -0.840. The lowest BCUT2D eigenvalue weighted by molar-refractivity contribution is 0.255. The third kappa shape index (κ3) is 2.89. The molecule has 0 aliphatic carbocycles. The van der Waals surface area contributed by atoms with Gasteiger partial charge < -0.3 is 15.5 Å². The third-order valence-electron chi connectivity index (χ3n) is 3.83. The summed E-state index contributed by atoms with van der Waals surface area (Å²) in [6.07, 6.45) is 4.00. The molecule has 2 heterocycles. The lowest BCUT2D eigenvalue weighted by atomic mass is 10.0. The molecule has 0 saturated carbocycles. The molecular formula is C14H18Cl3N3O. The third-order valence-corrected chi connectivity index (χ3v) is 4.40. The first-order chi connectivity index (χ1) is 9.61. The molecule has 0 amide bonds. The van der Waals surface area contributed by atoms with Gasteiger partial charge in [-0.25, -0.2) is 0 Å². The van der Waals surface area contributed by atoms with Gasteiger partial charge in [-0.15, -0.1) is 12.4 Å². The van der Waals surface area contributed by atoms with Gasteiger partial charge in [0.25, 0.3) is 0 Å². The highest BCUT2D eigenvalue weighted by Gasteiger charge is 2.31. The number of hydrazone groups is 1. The van der Waals surface area contributed by atoms with Crippen molar-refractivity contribution in [1.29, 1.82) is 0 Å². The van der Waals surface area contributed by atoms with Crippen molar-refractivity contribution in [2.45, 2.75) is 38.7 Å². The summed E-state index contributed by atoms with van der Waals surface area (Å²) in [4.78, 5) is 2.11. The minimum atomic E-state index is 0. The lowest BCUT2D eigenvalue weighted by Crippen LogP contribution is -2.37. The number of anilines is 1. The number of halogens is 3. The van der Waals surface area contributed by atoms with Gasteiger partial charge in [0.1, 0.15) is 17.7 Å². The van der Waals surface area contributed by atoms with Gasteiger partial charge in [-0.1, -0.05) is 23.2 Å². The van der Waals surface area contributed by atoms with Crippen LogP contribution in [0.25, 0.3) is 0 Å². The predicted octanol–water partition coefficient (Wildman–Crippen LogP) is 4.00. The topological polar surface area (TPSA) is 50.8 Å². The van der Waals surface area contributed by atoms with Gasteiger partial charge in [-0.05, 0) is 25.8 Å². The minimum Gasteiger partial charge on any atom is -0.488 e. The van der Waals surface area contributed by atoms with E-state index in [0.29, 0.717) is 10.0 Å². The van der Waals surface area contributed by atoms with Crippen molar-refractivity contribution in [1.82, 2.24) is 0 Å². The second kappa shape index (κ2) is 6.51. The SMILES string of the molecule is CC1Cc2c(c(Cl)cc(Cl)c2N2CCCCC2=NN)O1.Cl. The molecule has 116 valence electrons. The highest BCUT2D eigenvalue weighted by atomic mass is 35.5. The molecule has 1 fully saturated rings. The first kappa shape index (κ1) is 16.5. The fraction of sp³-hybridized carbons (Fsp3) is 0.500. The van der Waals surface area contributed by atoms with Crippen molar-refractivity contribution in [3.05, 3.63) is 21.7 Å². The zero-order chi connectivity index (χ0) is 14.3. The summed E-state index contributed by atoms with van der Waals surface area (Å²) in [5.74, 6) is 7.16. The van der Waals surface area contributed by atoms with Crippen LogP contribution >= 0.6 is 35.6 Å². The molecule has 2 aliphatic heterocycles. The van der Waals surface area contributed by atoms with Gasteiger partial charge in [0.05, 0.1) is 15.7 Å². The fourth-order valence-corrected chi connectivity index (χ4v) is 3.62. The molecule has 1 atom stereocenters. The van der Waals surface area contributed by atoms with Gasteiger partial charge in [-0.3, -0.25) is 0 Å². The second-order valence-corrected chi connectivity index (χ2v) is 6.10. The monoisotopic (exact) mass is 349 g/mol. The number of hydrogen-bond acceptors (Lipinski definition) is 3. The summed E-state index contributed by atoms with van der Waals surface area (Å²) in [6, 6.07) is 1.75. The maximum absolute atomic E-state index is 6.44. The maximum Gasteiger partial charge on any atom is 0.143 e. The van der Waals surface area contributed by atoms with E-state index >= 15 is 0 Å². The van der Waals surface area contributed by atoms with E-state index in [2.05, 4.69) is 10.0 Å². The number of fused-ring (bicyclic) bond motifs is 1. The van der Waals surface area contributed by atoms with Crippen molar-refractivity contribution in [2.75, 3.05) is 11.4 Å². The van der Waals surface area contributed by atoms with E-state index in [-0.39, 0.29) is 18.5 Å². The first-order valence-electron chi connectivity index (χ1n) is 6.83. The molecule has 2 N–H and O–H groups in total. The Balaban J connectivity index is 0.00000161. The van der Waals surface area contributed by atoms with Gasteiger partial charge in [-0.2, -0.15) is 5.10 Å². The number of piperidine rings is 1. The van der Waals surface area contributed by atoms with Crippen LogP contribution in [0.15, 0.2) is 11.2 Å². The number of hydrogen-bond donors (Lipinski definition) is 1. The number of nitrogens with two attached hydrogens (primary N) is 1. The number of amidine groups is 1. The molecule has 0 aromatic heterocycles. The Morgan fingerprint density at radius 1 is 1.33 bits per heavy atom. The molecule has 7 heteroatoms. The lowest BCUT2D eigenvalue weighted by Gasteiger charge is -2.31. The molecule has 1 aromatic carbocycles. The van der Waals surface area contributed by atoms with E-state index < -0.39 is 0 Å². The minimum absolute atomic E-state index is 0. The van der Waals surface area contributed by atoms with Gasteiger partial charge in [0.2, 0.25) is 0 Å². The molecule has 1 unspecified atom stereocenters. The highest BCUT2D eigenvalue weighted by Crippen LogP contribution is 2.46. The summed E-state index contributed by atoms with van der Waals surface area (Å²) in [6.45, 7) is 2.90. The van der Waals surface area contributed by atoms with E-state index in [4.69, 9.17) is 33.8 Å². The van der Waals surface area contributed by atoms with Gasteiger partial charge in [0, 0.05) is 24.9 Å². The van der Waals surface area contributed by atoms with Gasteiger partial charge in [0.15, 0.2) is 0 Å². The largest absolute Gasteiger partial charge is 0.488 e. The standard InChI is InChI=1S/C14H17Cl2N3O.ClH/c1-8-6-9-13(10(15)7-11(16)14(9)20-8)19-5-3-2-4-12(19)18-17;/h7-8H,2-6,17H2,1H3;1H. The van der Waals surface area contributed by atoms with Crippen molar-refractivity contribution in [2.24, 2.45) is 10.9 Å². The van der Waals surface area contributed by atoms with Crippen LogP contribution < -0.4 is 15.5 Å². The van der Waals surface area contributed by atoms with Crippen LogP contribution in [-0.2, 0) is 6.42 Å². The summed E-state index contributed by atoms with van der Waals surface area (Å²) in [5.41, 5.74) is 2.03. The zero-order valence-corrected chi connectivity index (χ0v) is 14.1. The van der Waals surface area contributed by atoms with Crippen LogP contribution in [0.1, 0.15) is 31.7 Å². The molecule has 1 aromatic rings. The summed E-state index contributed by atoms with van der Waals surface area (Å²) < 4.78 is 5.80. The molecule has 0 radical (unpaired) electrons. The van der Waals surface area contributed by atoms with Crippen LogP contribution in [-0.4, -0.2) is 18.5 Å².